The third-order valence-corrected chi connectivity index (χ3v) is 3.39. The molecule has 19 heavy (non-hydrogen) atoms. The molecular formula is C13H13FN2O2S. The number of carboxylic acids is 1. The summed E-state index contributed by atoms with van der Waals surface area (Å²) in [5.41, 5.74) is 1.35. The van der Waals surface area contributed by atoms with Crippen molar-refractivity contribution in [3.05, 3.63) is 51.2 Å². The molecule has 2 rings (SSSR count). The number of benzene rings is 1. The highest BCUT2D eigenvalue weighted by Gasteiger charge is 2.10. The number of aryl methyl sites for hydroxylation is 1. The number of carbonyl (C=O) groups is 1. The summed E-state index contributed by atoms with van der Waals surface area (Å²) in [4.78, 5) is 15.0. The molecule has 0 amide bonds. The Balaban J connectivity index is 1.93. The van der Waals surface area contributed by atoms with Gasteiger partial charge in [-0.3, -0.25) is 0 Å². The Morgan fingerprint density at radius 2 is 2.26 bits per heavy atom. The maximum Gasteiger partial charge on any atom is 0.338 e. The van der Waals surface area contributed by atoms with E-state index < -0.39 is 11.8 Å². The van der Waals surface area contributed by atoms with Gasteiger partial charge in [0.2, 0.25) is 0 Å². The van der Waals surface area contributed by atoms with Crippen molar-refractivity contribution in [2.45, 2.75) is 20.0 Å². The standard InChI is InChI=1S/C13H13FN2O2S/c1-8-16-10(7-19-8)6-15-5-9-2-3-11(13(17)18)12(14)4-9/h2-4,7,15H,5-6H2,1H3,(H,17,18). The largest absolute Gasteiger partial charge is 0.478 e. The SMILES string of the molecule is Cc1nc(CNCc2ccc(C(=O)O)c(F)c2)cs1. The van der Waals surface area contributed by atoms with E-state index in [4.69, 9.17) is 5.11 Å². The van der Waals surface area contributed by atoms with E-state index in [0.717, 1.165) is 10.7 Å². The van der Waals surface area contributed by atoms with Crippen LogP contribution < -0.4 is 5.32 Å². The van der Waals surface area contributed by atoms with Gasteiger partial charge in [0.15, 0.2) is 0 Å². The molecule has 0 aliphatic carbocycles. The molecule has 2 N–H and O–H groups in total. The van der Waals surface area contributed by atoms with Crippen molar-refractivity contribution >= 4 is 17.3 Å². The number of thiazole rings is 1. The van der Waals surface area contributed by atoms with Gasteiger partial charge in [-0.2, -0.15) is 0 Å². The average Bonchev–Trinajstić information content (AvgIpc) is 2.75. The molecule has 0 radical (unpaired) electrons. The van der Waals surface area contributed by atoms with E-state index in [0.29, 0.717) is 18.7 Å². The molecule has 0 aliphatic heterocycles. The van der Waals surface area contributed by atoms with Crippen LogP contribution >= 0.6 is 11.3 Å². The molecule has 6 heteroatoms. The smallest absolute Gasteiger partial charge is 0.338 e. The summed E-state index contributed by atoms with van der Waals surface area (Å²) in [5.74, 6) is -1.97. The number of nitrogens with zero attached hydrogens (tertiary/aromatic N) is 1. The van der Waals surface area contributed by atoms with Crippen molar-refractivity contribution < 1.29 is 14.3 Å². The van der Waals surface area contributed by atoms with Crippen LogP contribution in [0.1, 0.15) is 26.6 Å². The van der Waals surface area contributed by atoms with Crippen LogP contribution in [0.4, 0.5) is 4.39 Å². The number of hydrogen-bond acceptors (Lipinski definition) is 4. The summed E-state index contributed by atoms with van der Waals surface area (Å²) in [6.07, 6.45) is 0. The Bertz CT molecular complexity index is 598. The molecule has 2 aromatic rings. The van der Waals surface area contributed by atoms with Gasteiger partial charge in [-0.05, 0) is 24.6 Å². The Hall–Kier alpha value is -1.79. The lowest BCUT2D eigenvalue weighted by molar-refractivity contribution is 0.0692. The molecule has 0 bridgehead atoms. The van der Waals surface area contributed by atoms with Gasteiger partial charge in [-0.1, -0.05) is 6.07 Å². The van der Waals surface area contributed by atoms with Crippen molar-refractivity contribution in [2.24, 2.45) is 0 Å². The minimum atomic E-state index is -1.25. The number of hydrogen-bond donors (Lipinski definition) is 2. The third-order valence-electron chi connectivity index (χ3n) is 2.57. The summed E-state index contributed by atoms with van der Waals surface area (Å²) in [5, 5.41) is 14.8. The zero-order valence-electron chi connectivity index (χ0n) is 10.3. The first-order valence-electron chi connectivity index (χ1n) is 5.69. The molecular weight excluding hydrogens is 267 g/mol. The molecule has 4 nitrogen and oxygen atoms in total. The first kappa shape index (κ1) is 13.6. The molecule has 0 saturated heterocycles. The fraction of sp³-hybridized carbons (Fsp3) is 0.231. The van der Waals surface area contributed by atoms with E-state index in [9.17, 15) is 9.18 Å². The first-order valence-corrected chi connectivity index (χ1v) is 6.57. The maximum atomic E-state index is 13.4. The quantitative estimate of drug-likeness (QED) is 0.883. The number of aromatic carboxylic acids is 1. The lowest BCUT2D eigenvalue weighted by atomic mass is 10.1. The van der Waals surface area contributed by atoms with Crippen molar-refractivity contribution in [3.63, 3.8) is 0 Å². The van der Waals surface area contributed by atoms with Crippen molar-refractivity contribution in [1.82, 2.24) is 10.3 Å². The van der Waals surface area contributed by atoms with Gasteiger partial charge >= 0.3 is 5.97 Å². The van der Waals surface area contributed by atoms with Crippen LogP contribution in [0.25, 0.3) is 0 Å². The zero-order chi connectivity index (χ0) is 13.8. The number of carboxylic acid groups (broad SMARTS) is 1. The Labute approximate surface area is 113 Å². The monoisotopic (exact) mass is 280 g/mol. The molecule has 1 aromatic heterocycles. The minimum Gasteiger partial charge on any atom is -0.478 e. The molecule has 1 aromatic carbocycles. The molecule has 1 heterocycles. The fourth-order valence-corrected chi connectivity index (χ4v) is 2.28. The van der Waals surface area contributed by atoms with Crippen LogP contribution in [0.2, 0.25) is 0 Å². The van der Waals surface area contributed by atoms with Gasteiger partial charge in [0.1, 0.15) is 5.82 Å². The number of rotatable bonds is 5. The van der Waals surface area contributed by atoms with E-state index in [1.54, 1.807) is 17.4 Å². The normalized spacial score (nSPS) is 10.6. The van der Waals surface area contributed by atoms with Gasteiger partial charge in [0.25, 0.3) is 0 Å². The van der Waals surface area contributed by atoms with Gasteiger partial charge in [-0.15, -0.1) is 11.3 Å². The van der Waals surface area contributed by atoms with E-state index in [1.807, 2.05) is 12.3 Å². The highest BCUT2D eigenvalue weighted by atomic mass is 32.1. The predicted octanol–water partition coefficient (Wildman–Crippen LogP) is 2.58. The highest BCUT2D eigenvalue weighted by molar-refractivity contribution is 7.09. The van der Waals surface area contributed by atoms with Crippen LogP contribution in [0.5, 0.6) is 0 Å². The van der Waals surface area contributed by atoms with Crippen LogP contribution in [-0.4, -0.2) is 16.1 Å². The van der Waals surface area contributed by atoms with Crippen molar-refractivity contribution in [3.8, 4) is 0 Å². The minimum absolute atomic E-state index is 0.307. The Morgan fingerprint density at radius 1 is 1.47 bits per heavy atom. The van der Waals surface area contributed by atoms with E-state index in [1.165, 1.54) is 12.1 Å². The van der Waals surface area contributed by atoms with E-state index in [-0.39, 0.29) is 5.56 Å². The molecule has 0 spiro atoms. The first-order chi connectivity index (χ1) is 9.06. The van der Waals surface area contributed by atoms with Crippen LogP contribution in [0.3, 0.4) is 0 Å². The lowest BCUT2D eigenvalue weighted by Crippen LogP contribution is -2.13. The van der Waals surface area contributed by atoms with Gasteiger partial charge in [0, 0.05) is 18.5 Å². The number of aromatic nitrogens is 1. The summed E-state index contributed by atoms with van der Waals surface area (Å²) in [7, 11) is 0. The second kappa shape index (κ2) is 5.90. The lowest BCUT2D eigenvalue weighted by Gasteiger charge is -2.05. The average molecular weight is 280 g/mol. The van der Waals surface area contributed by atoms with E-state index >= 15 is 0 Å². The van der Waals surface area contributed by atoms with Crippen LogP contribution in [0, 0.1) is 12.7 Å². The second-order valence-electron chi connectivity index (χ2n) is 4.08. The number of halogens is 1. The van der Waals surface area contributed by atoms with Gasteiger partial charge < -0.3 is 10.4 Å². The molecule has 0 atom stereocenters. The second-order valence-corrected chi connectivity index (χ2v) is 5.14. The van der Waals surface area contributed by atoms with Gasteiger partial charge in [-0.25, -0.2) is 14.2 Å². The maximum absolute atomic E-state index is 13.4. The van der Waals surface area contributed by atoms with Crippen LogP contribution in [0.15, 0.2) is 23.6 Å². The summed E-state index contributed by atoms with van der Waals surface area (Å²) < 4.78 is 13.4. The summed E-state index contributed by atoms with van der Waals surface area (Å²) in [6, 6.07) is 4.12. The Kier molecular flexibility index (Phi) is 4.24. The highest BCUT2D eigenvalue weighted by Crippen LogP contribution is 2.11. The zero-order valence-corrected chi connectivity index (χ0v) is 11.1. The predicted molar refractivity (Wildman–Crippen MR) is 70.8 cm³/mol. The summed E-state index contributed by atoms with van der Waals surface area (Å²) >= 11 is 1.58. The molecule has 0 saturated carbocycles. The van der Waals surface area contributed by atoms with E-state index in [2.05, 4.69) is 10.3 Å². The van der Waals surface area contributed by atoms with Crippen LogP contribution in [-0.2, 0) is 13.1 Å². The molecule has 0 fully saturated rings. The summed E-state index contributed by atoms with van der Waals surface area (Å²) in [6.45, 7) is 3.01. The van der Waals surface area contributed by atoms with Crippen molar-refractivity contribution in [1.29, 1.82) is 0 Å². The van der Waals surface area contributed by atoms with Crippen molar-refractivity contribution in [2.75, 3.05) is 0 Å². The molecule has 0 unspecified atom stereocenters. The van der Waals surface area contributed by atoms with Gasteiger partial charge in [0.05, 0.1) is 16.3 Å². The topological polar surface area (TPSA) is 62.2 Å². The molecule has 0 aliphatic rings. The fourth-order valence-electron chi connectivity index (χ4n) is 1.67. The number of nitrogens with one attached hydrogen (secondary N) is 1. The molecule has 100 valence electrons. The third kappa shape index (κ3) is 3.59. The Morgan fingerprint density at radius 3 is 2.84 bits per heavy atom.